The van der Waals surface area contributed by atoms with E-state index in [0.29, 0.717) is 11.3 Å². The van der Waals surface area contributed by atoms with Crippen LogP contribution in [0.3, 0.4) is 0 Å². The fourth-order valence-electron chi connectivity index (χ4n) is 2.37. The lowest BCUT2D eigenvalue weighted by Crippen LogP contribution is -2.37. The summed E-state index contributed by atoms with van der Waals surface area (Å²) in [6, 6.07) is 1.83. The van der Waals surface area contributed by atoms with E-state index >= 15 is 0 Å². The zero-order valence-corrected chi connectivity index (χ0v) is 12.7. The predicted octanol–water partition coefficient (Wildman–Crippen LogP) is 3.13. The Morgan fingerprint density at radius 1 is 1.50 bits per heavy atom. The Balaban J connectivity index is 2.26. The standard InChI is InChI=1S/C16H23NO3/c1-5-6-10(2)12-9-11(3)13(15(19)20-12)14(18)17-16(4)7-8-16/h9-10H,5-8H2,1-4H3,(H,17,18). The van der Waals surface area contributed by atoms with Crippen LogP contribution in [0.4, 0.5) is 0 Å². The van der Waals surface area contributed by atoms with Gasteiger partial charge in [-0.1, -0.05) is 20.3 Å². The number of hydrogen-bond donors (Lipinski definition) is 1. The SMILES string of the molecule is CCCC(C)c1cc(C)c(C(=O)NC2(C)CC2)c(=O)o1. The quantitative estimate of drug-likeness (QED) is 0.899. The van der Waals surface area contributed by atoms with Gasteiger partial charge in [0.15, 0.2) is 0 Å². The van der Waals surface area contributed by atoms with Gasteiger partial charge in [0, 0.05) is 11.5 Å². The molecule has 1 aromatic heterocycles. The molecule has 1 aliphatic rings. The van der Waals surface area contributed by atoms with Crippen LogP contribution in [0.2, 0.25) is 0 Å². The van der Waals surface area contributed by atoms with Crippen molar-refractivity contribution in [3.63, 3.8) is 0 Å². The maximum absolute atomic E-state index is 12.2. The number of amides is 1. The van der Waals surface area contributed by atoms with Crippen molar-refractivity contribution in [2.24, 2.45) is 0 Å². The second kappa shape index (κ2) is 5.43. The van der Waals surface area contributed by atoms with E-state index in [9.17, 15) is 9.59 Å². The van der Waals surface area contributed by atoms with E-state index in [2.05, 4.69) is 12.2 Å². The third kappa shape index (κ3) is 3.11. The molecule has 1 aliphatic carbocycles. The number of carbonyl (C=O) groups is 1. The van der Waals surface area contributed by atoms with Crippen LogP contribution >= 0.6 is 0 Å². The molecule has 0 saturated heterocycles. The molecule has 4 nitrogen and oxygen atoms in total. The Morgan fingerprint density at radius 2 is 2.15 bits per heavy atom. The highest BCUT2D eigenvalue weighted by molar-refractivity contribution is 5.95. The van der Waals surface area contributed by atoms with Gasteiger partial charge in [0.25, 0.3) is 5.91 Å². The highest BCUT2D eigenvalue weighted by atomic mass is 16.4. The van der Waals surface area contributed by atoms with Gasteiger partial charge in [-0.3, -0.25) is 4.79 Å². The molecule has 1 fully saturated rings. The fraction of sp³-hybridized carbons (Fsp3) is 0.625. The number of rotatable bonds is 5. The van der Waals surface area contributed by atoms with E-state index < -0.39 is 5.63 Å². The Labute approximate surface area is 119 Å². The first kappa shape index (κ1) is 14.8. The number of aryl methyl sites for hydroxylation is 1. The lowest BCUT2D eigenvalue weighted by Gasteiger charge is -2.14. The molecule has 1 N–H and O–H groups in total. The van der Waals surface area contributed by atoms with Gasteiger partial charge in [0.2, 0.25) is 0 Å². The molecule has 0 bridgehead atoms. The summed E-state index contributed by atoms with van der Waals surface area (Å²) >= 11 is 0. The summed E-state index contributed by atoms with van der Waals surface area (Å²) in [6.07, 6.45) is 3.93. The topological polar surface area (TPSA) is 59.3 Å². The second-order valence-corrected chi connectivity index (χ2v) is 6.20. The molecule has 1 amide bonds. The van der Waals surface area contributed by atoms with Crippen molar-refractivity contribution in [3.05, 3.63) is 33.4 Å². The third-order valence-corrected chi connectivity index (χ3v) is 4.02. The van der Waals surface area contributed by atoms with Crippen molar-refractivity contribution < 1.29 is 9.21 Å². The largest absolute Gasteiger partial charge is 0.427 e. The third-order valence-electron chi connectivity index (χ3n) is 4.02. The molecule has 0 radical (unpaired) electrons. The summed E-state index contributed by atoms with van der Waals surface area (Å²) in [4.78, 5) is 24.3. The fourth-order valence-corrected chi connectivity index (χ4v) is 2.37. The summed E-state index contributed by atoms with van der Waals surface area (Å²) in [6.45, 7) is 7.91. The van der Waals surface area contributed by atoms with E-state index in [1.54, 1.807) is 6.92 Å². The average molecular weight is 277 g/mol. The normalized spacial score (nSPS) is 17.6. The minimum atomic E-state index is -0.523. The van der Waals surface area contributed by atoms with E-state index in [0.717, 1.165) is 25.7 Å². The molecule has 1 atom stereocenters. The van der Waals surface area contributed by atoms with Crippen molar-refractivity contribution in [1.29, 1.82) is 0 Å². The molecule has 110 valence electrons. The van der Waals surface area contributed by atoms with E-state index in [-0.39, 0.29) is 22.9 Å². The number of carbonyl (C=O) groups excluding carboxylic acids is 1. The monoisotopic (exact) mass is 277 g/mol. The molecular weight excluding hydrogens is 254 g/mol. The van der Waals surface area contributed by atoms with Crippen LogP contribution in [-0.2, 0) is 0 Å². The van der Waals surface area contributed by atoms with Crippen molar-refractivity contribution >= 4 is 5.91 Å². The minimum absolute atomic E-state index is 0.135. The summed E-state index contributed by atoms with van der Waals surface area (Å²) in [7, 11) is 0. The molecule has 0 aromatic carbocycles. The summed E-state index contributed by atoms with van der Waals surface area (Å²) < 4.78 is 5.34. The minimum Gasteiger partial charge on any atom is -0.427 e. The summed E-state index contributed by atoms with van der Waals surface area (Å²) in [5.41, 5.74) is 0.181. The van der Waals surface area contributed by atoms with Crippen molar-refractivity contribution in [2.45, 2.75) is 64.8 Å². The number of nitrogens with one attached hydrogen (secondary N) is 1. The average Bonchev–Trinajstić information content (AvgIpc) is 3.05. The van der Waals surface area contributed by atoms with E-state index in [1.165, 1.54) is 0 Å². The van der Waals surface area contributed by atoms with Crippen LogP contribution in [0.1, 0.15) is 74.1 Å². The highest BCUT2D eigenvalue weighted by Crippen LogP contribution is 2.34. The molecule has 2 rings (SSSR count). The molecule has 1 saturated carbocycles. The molecule has 20 heavy (non-hydrogen) atoms. The van der Waals surface area contributed by atoms with Gasteiger partial charge in [-0.2, -0.15) is 0 Å². The van der Waals surface area contributed by atoms with Gasteiger partial charge in [-0.25, -0.2) is 4.79 Å². The first-order chi connectivity index (χ1) is 9.36. The molecule has 4 heteroatoms. The van der Waals surface area contributed by atoms with Gasteiger partial charge < -0.3 is 9.73 Å². The molecule has 1 aromatic rings. The Bertz CT molecular complexity index is 570. The molecule has 1 unspecified atom stereocenters. The first-order valence-corrected chi connectivity index (χ1v) is 7.33. The van der Waals surface area contributed by atoms with Crippen LogP contribution in [-0.4, -0.2) is 11.4 Å². The van der Waals surface area contributed by atoms with Gasteiger partial charge >= 0.3 is 5.63 Å². The Kier molecular flexibility index (Phi) is 4.02. The molecular formula is C16H23NO3. The molecule has 1 heterocycles. The molecule has 0 aliphatic heterocycles. The highest BCUT2D eigenvalue weighted by Gasteiger charge is 2.39. The lowest BCUT2D eigenvalue weighted by molar-refractivity contribution is 0.0930. The van der Waals surface area contributed by atoms with Gasteiger partial charge in [0.05, 0.1) is 0 Å². The lowest BCUT2D eigenvalue weighted by atomic mass is 10.0. The van der Waals surface area contributed by atoms with E-state index in [1.807, 2.05) is 19.9 Å². The second-order valence-electron chi connectivity index (χ2n) is 6.20. The van der Waals surface area contributed by atoms with E-state index in [4.69, 9.17) is 4.42 Å². The van der Waals surface area contributed by atoms with Crippen molar-refractivity contribution in [1.82, 2.24) is 5.32 Å². The number of hydrogen-bond acceptors (Lipinski definition) is 3. The van der Waals surface area contributed by atoms with Crippen LogP contribution in [0.15, 0.2) is 15.3 Å². The zero-order chi connectivity index (χ0) is 14.9. The summed E-state index contributed by atoms with van der Waals surface area (Å²) in [5.74, 6) is 0.555. The van der Waals surface area contributed by atoms with Gasteiger partial charge in [-0.15, -0.1) is 0 Å². The van der Waals surface area contributed by atoms with Crippen LogP contribution in [0.25, 0.3) is 0 Å². The maximum atomic E-state index is 12.2. The Morgan fingerprint density at radius 3 is 2.65 bits per heavy atom. The van der Waals surface area contributed by atoms with Gasteiger partial charge in [-0.05, 0) is 44.7 Å². The smallest absolute Gasteiger partial charge is 0.349 e. The zero-order valence-electron chi connectivity index (χ0n) is 12.7. The maximum Gasteiger partial charge on any atom is 0.349 e. The molecule has 0 spiro atoms. The summed E-state index contributed by atoms with van der Waals surface area (Å²) in [5, 5.41) is 2.90. The van der Waals surface area contributed by atoms with Crippen molar-refractivity contribution in [3.8, 4) is 0 Å². The van der Waals surface area contributed by atoms with Crippen LogP contribution < -0.4 is 10.9 Å². The van der Waals surface area contributed by atoms with Gasteiger partial charge in [0.1, 0.15) is 11.3 Å². The van der Waals surface area contributed by atoms with Crippen molar-refractivity contribution in [2.75, 3.05) is 0 Å². The Hall–Kier alpha value is -1.58. The predicted molar refractivity (Wildman–Crippen MR) is 78.1 cm³/mol. The van der Waals surface area contributed by atoms with Crippen LogP contribution in [0, 0.1) is 6.92 Å². The van der Waals surface area contributed by atoms with Crippen LogP contribution in [0.5, 0.6) is 0 Å². The first-order valence-electron chi connectivity index (χ1n) is 7.33.